The number of carbonyl (C=O) groups excluding carboxylic acids is 1. The number of hydrogen-bond donors (Lipinski definition) is 5. The van der Waals surface area contributed by atoms with Gasteiger partial charge in [-0.15, -0.1) is 0 Å². The fraction of sp³-hybridized carbons (Fsp3) is 0.485. The Kier molecular flexibility index (Phi) is 7.22. The molecule has 6 rings (SSSR count). The summed E-state index contributed by atoms with van der Waals surface area (Å²) in [5.74, 6) is -2.81. The van der Waals surface area contributed by atoms with Gasteiger partial charge in [0.05, 0.1) is 19.0 Å². The van der Waals surface area contributed by atoms with Gasteiger partial charge in [-0.25, -0.2) is 14.0 Å². The molecule has 2 unspecified atom stereocenters. The monoisotopic (exact) mass is 593 g/mol. The van der Waals surface area contributed by atoms with Crippen LogP contribution in [0.4, 0.5) is 10.1 Å². The molecule has 4 aliphatic rings. The van der Waals surface area contributed by atoms with Gasteiger partial charge in [0.25, 0.3) is 0 Å². The smallest absolute Gasteiger partial charge is 0.375 e. The van der Waals surface area contributed by atoms with Gasteiger partial charge in [-0.05, 0) is 86.0 Å². The predicted molar refractivity (Wildman–Crippen MR) is 153 cm³/mol. The summed E-state index contributed by atoms with van der Waals surface area (Å²) >= 11 is 0. The molecule has 0 amide bonds. The lowest BCUT2D eigenvalue weighted by atomic mass is 9.45. The van der Waals surface area contributed by atoms with Gasteiger partial charge in [-0.2, -0.15) is 0 Å². The number of aliphatic hydroxyl groups excluding tert-OH is 2. The first-order valence-electron chi connectivity index (χ1n) is 14.8. The van der Waals surface area contributed by atoms with E-state index in [1.807, 2.05) is 12.2 Å². The van der Waals surface area contributed by atoms with Crippen molar-refractivity contribution in [2.45, 2.75) is 70.7 Å². The third-order valence-electron chi connectivity index (χ3n) is 11.1. The lowest BCUT2D eigenvalue weighted by Crippen LogP contribution is -2.76. The number of ether oxygens (including phenoxy) is 1. The molecule has 2 aromatic rings. The average molecular weight is 594 g/mol. The topological polar surface area (TPSA) is 158 Å². The van der Waals surface area contributed by atoms with Crippen LogP contribution < -0.4 is 5.32 Å². The number of quaternary nitrogens is 1. The summed E-state index contributed by atoms with van der Waals surface area (Å²) in [5, 5.41) is 42.1. The molecule has 0 saturated heterocycles. The van der Waals surface area contributed by atoms with Crippen molar-refractivity contribution in [1.29, 1.82) is 5.41 Å². The molecule has 4 aliphatic carbocycles. The number of aliphatic hydroxyl groups is 2. The zero-order valence-corrected chi connectivity index (χ0v) is 24.3. The van der Waals surface area contributed by atoms with Crippen molar-refractivity contribution in [1.82, 2.24) is 0 Å². The van der Waals surface area contributed by atoms with Crippen molar-refractivity contribution in [3.8, 4) is 0 Å². The highest BCUT2D eigenvalue weighted by atomic mass is 19.1. The van der Waals surface area contributed by atoms with Crippen molar-refractivity contribution in [3.05, 3.63) is 76.7 Å². The second kappa shape index (κ2) is 10.5. The van der Waals surface area contributed by atoms with E-state index in [-0.39, 0.29) is 41.9 Å². The molecule has 7 atom stereocenters. The highest BCUT2D eigenvalue weighted by Crippen LogP contribution is 2.68. The van der Waals surface area contributed by atoms with E-state index < -0.39 is 46.9 Å². The molecule has 0 aliphatic heterocycles. The van der Waals surface area contributed by atoms with Gasteiger partial charge >= 0.3 is 11.9 Å². The molecule has 1 heterocycles. The SMILES string of the molecule is C[C@]12CC(C=N)=C([NH2+]c3ccc(F)c(CO)c3)C=C1CC[C@@H]1C2[C@@H](O)C[C@@]2(C)C1CC[C@]2(OC(=O)c1ccco1)C(=O)O. The normalized spacial score (nSPS) is 35.0. The Balaban J connectivity index is 1.31. The van der Waals surface area contributed by atoms with Crippen molar-refractivity contribution in [2.24, 2.45) is 28.6 Å². The number of carbonyl (C=O) groups is 2. The molecule has 43 heavy (non-hydrogen) atoms. The summed E-state index contributed by atoms with van der Waals surface area (Å²) in [6.45, 7) is 3.58. The highest BCUT2D eigenvalue weighted by molar-refractivity contribution is 5.90. The Hall–Kier alpha value is -3.60. The number of hydrogen-bond acceptors (Lipinski definition) is 7. The first kappa shape index (κ1) is 29.5. The van der Waals surface area contributed by atoms with Crippen LogP contribution in [-0.2, 0) is 16.1 Å². The summed E-state index contributed by atoms with van der Waals surface area (Å²) in [6, 6.07) is 7.56. The molecule has 0 spiro atoms. The standard InChI is InChI=1S/C33H37FN2O7/c1-31-14-19(16-35)25(36-21-6-8-24(34)18(12-21)17-37)13-20(31)5-7-22-23-9-10-33(30(40)41,32(23,2)15-26(38)28(22)31)43-29(39)27-4-3-11-42-27/h3-4,6,8,11-13,16,22-23,26,28,35-38H,5,7,9-10,14-15,17H2,1-2H3,(H,40,41)/p+1/t22-,23?,26-,28?,31-,32-,33-/m0/s1. The number of carboxylic acids is 1. The van der Waals surface area contributed by atoms with Crippen molar-refractivity contribution in [3.63, 3.8) is 0 Å². The minimum Gasteiger partial charge on any atom is -0.478 e. The largest absolute Gasteiger partial charge is 0.478 e. The lowest BCUT2D eigenvalue weighted by molar-refractivity contribution is -0.513. The number of nitrogens with two attached hydrogens (primary N) is 1. The van der Waals surface area contributed by atoms with Crippen LogP contribution >= 0.6 is 0 Å². The number of furan rings is 1. The van der Waals surface area contributed by atoms with E-state index in [1.54, 1.807) is 18.2 Å². The van der Waals surface area contributed by atoms with Crippen LogP contribution in [0.15, 0.2) is 63.9 Å². The number of aliphatic carboxylic acids is 1. The number of allylic oxidation sites excluding steroid dienone is 3. The zero-order chi connectivity index (χ0) is 30.7. The van der Waals surface area contributed by atoms with Gasteiger partial charge in [-0.1, -0.05) is 19.4 Å². The molecule has 10 heteroatoms. The van der Waals surface area contributed by atoms with Crippen molar-refractivity contribution >= 4 is 23.8 Å². The molecule has 1 aromatic carbocycles. The molecule has 6 N–H and O–H groups in total. The molecular formula is C33H38FN2O7+. The lowest BCUT2D eigenvalue weighted by Gasteiger charge is -2.60. The number of rotatable bonds is 7. The number of esters is 1. The van der Waals surface area contributed by atoms with Gasteiger partial charge in [0.2, 0.25) is 11.4 Å². The van der Waals surface area contributed by atoms with Gasteiger partial charge in [0.1, 0.15) is 17.2 Å². The van der Waals surface area contributed by atoms with Crippen LogP contribution in [0.5, 0.6) is 0 Å². The zero-order valence-electron chi connectivity index (χ0n) is 24.3. The molecule has 0 radical (unpaired) electrons. The summed E-state index contributed by atoms with van der Waals surface area (Å²) in [6.07, 6.45) is 6.82. The Morgan fingerprint density at radius 2 is 2.05 bits per heavy atom. The second-order valence-electron chi connectivity index (χ2n) is 13.1. The minimum atomic E-state index is -1.79. The minimum absolute atomic E-state index is 0.00108. The molecule has 228 valence electrons. The predicted octanol–water partition coefficient (Wildman–Crippen LogP) is 4.23. The Morgan fingerprint density at radius 1 is 1.26 bits per heavy atom. The second-order valence-corrected chi connectivity index (χ2v) is 13.1. The fourth-order valence-corrected chi connectivity index (χ4v) is 9.13. The van der Waals surface area contributed by atoms with Crippen molar-refractivity contribution in [2.75, 3.05) is 0 Å². The number of nitrogens with one attached hydrogen (secondary N) is 1. The quantitative estimate of drug-likeness (QED) is 0.183. The first-order valence-corrected chi connectivity index (χ1v) is 14.8. The number of halogens is 1. The van der Waals surface area contributed by atoms with Crippen LogP contribution in [0, 0.1) is 39.8 Å². The summed E-state index contributed by atoms with van der Waals surface area (Å²) in [5.41, 5.74) is 0.514. The van der Waals surface area contributed by atoms with Crippen molar-refractivity contribution < 1.29 is 43.8 Å². The van der Waals surface area contributed by atoms with E-state index in [0.29, 0.717) is 12.8 Å². The van der Waals surface area contributed by atoms with Crippen LogP contribution in [0.3, 0.4) is 0 Å². The Labute approximate surface area is 248 Å². The number of benzene rings is 1. The van der Waals surface area contributed by atoms with Crippen LogP contribution in [0.1, 0.15) is 68.5 Å². The molecule has 1 aromatic heterocycles. The molecule has 3 saturated carbocycles. The van der Waals surface area contributed by atoms with Crippen LogP contribution in [-0.4, -0.2) is 45.2 Å². The first-order chi connectivity index (χ1) is 20.5. The van der Waals surface area contributed by atoms with Gasteiger partial charge < -0.3 is 29.9 Å². The highest BCUT2D eigenvalue weighted by Gasteiger charge is 2.71. The van der Waals surface area contributed by atoms with Gasteiger partial charge in [0, 0.05) is 34.9 Å². The number of fused-ring (bicyclic) bond motifs is 5. The molecule has 9 nitrogen and oxygen atoms in total. The summed E-state index contributed by atoms with van der Waals surface area (Å²) in [7, 11) is 0. The maximum absolute atomic E-state index is 14.0. The Morgan fingerprint density at radius 3 is 2.72 bits per heavy atom. The summed E-state index contributed by atoms with van der Waals surface area (Å²) in [4.78, 5) is 25.9. The van der Waals surface area contributed by atoms with E-state index in [4.69, 9.17) is 14.6 Å². The van der Waals surface area contributed by atoms with Crippen LogP contribution in [0.2, 0.25) is 0 Å². The van der Waals surface area contributed by atoms with E-state index >= 15 is 0 Å². The van der Waals surface area contributed by atoms with Gasteiger partial charge in [0.15, 0.2) is 0 Å². The maximum Gasteiger partial charge on any atom is 0.375 e. The maximum atomic E-state index is 14.0. The fourth-order valence-electron chi connectivity index (χ4n) is 9.13. The third-order valence-corrected chi connectivity index (χ3v) is 11.1. The Bertz CT molecular complexity index is 1530. The van der Waals surface area contributed by atoms with E-state index in [9.17, 15) is 29.3 Å². The van der Waals surface area contributed by atoms with Gasteiger partial charge in [-0.3, -0.25) is 5.32 Å². The van der Waals surface area contributed by atoms with Crippen LogP contribution in [0.25, 0.3) is 0 Å². The van der Waals surface area contributed by atoms with E-state index in [1.165, 1.54) is 30.2 Å². The number of carboxylic acid groups (broad SMARTS) is 1. The van der Waals surface area contributed by atoms with E-state index in [0.717, 1.165) is 29.8 Å². The van der Waals surface area contributed by atoms with E-state index in [2.05, 4.69) is 13.0 Å². The molecule has 3 fully saturated rings. The average Bonchev–Trinajstić information content (AvgIpc) is 3.61. The molecule has 0 bridgehead atoms. The molecular weight excluding hydrogens is 555 g/mol. The summed E-state index contributed by atoms with van der Waals surface area (Å²) < 4.78 is 25.0. The third kappa shape index (κ3) is 4.41.